The van der Waals surface area contributed by atoms with Gasteiger partial charge >= 0.3 is 0 Å². The molecule has 3 amide bonds. The molecule has 0 heterocycles. The molecule has 0 fully saturated rings. The highest BCUT2D eigenvalue weighted by atomic mass is 16.5. The zero-order chi connectivity index (χ0) is 21.1. The standard InChI is InChI=1S/C22H27N3O4/c1-3-4-13-23-22(28)18-10-5-6-11-19(18)25-20(26)12-14-24-21(27)16-8-7-9-17(15-16)29-2/h5-11,15H,3-4,12-14H2,1-2H3,(H,23,28)(H,24,27)(H,25,26). The van der Waals surface area contributed by atoms with Gasteiger partial charge in [-0.2, -0.15) is 0 Å². The van der Waals surface area contributed by atoms with E-state index in [1.54, 1.807) is 48.5 Å². The fourth-order valence-corrected chi connectivity index (χ4v) is 2.63. The lowest BCUT2D eigenvalue weighted by molar-refractivity contribution is -0.116. The fraction of sp³-hybridized carbons (Fsp3) is 0.318. The molecule has 0 bridgehead atoms. The quantitative estimate of drug-likeness (QED) is 0.537. The van der Waals surface area contributed by atoms with E-state index in [-0.39, 0.29) is 30.7 Å². The second-order valence-electron chi connectivity index (χ2n) is 6.44. The lowest BCUT2D eigenvalue weighted by Crippen LogP contribution is -2.29. The molecule has 0 saturated heterocycles. The van der Waals surface area contributed by atoms with Crippen LogP contribution in [0.3, 0.4) is 0 Å². The third-order valence-electron chi connectivity index (χ3n) is 4.23. The zero-order valence-electron chi connectivity index (χ0n) is 16.8. The highest BCUT2D eigenvalue weighted by Gasteiger charge is 2.13. The monoisotopic (exact) mass is 397 g/mol. The number of hydrogen-bond acceptors (Lipinski definition) is 4. The van der Waals surface area contributed by atoms with Crippen molar-refractivity contribution in [1.82, 2.24) is 10.6 Å². The van der Waals surface area contributed by atoms with E-state index in [0.29, 0.717) is 29.1 Å². The summed E-state index contributed by atoms with van der Waals surface area (Å²) in [6.45, 7) is 2.81. The first-order chi connectivity index (χ1) is 14.0. The molecule has 0 spiro atoms. The number of ether oxygens (including phenoxy) is 1. The summed E-state index contributed by atoms with van der Waals surface area (Å²) in [5.74, 6) is -0.206. The Morgan fingerprint density at radius 2 is 1.69 bits per heavy atom. The van der Waals surface area contributed by atoms with E-state index in [1.807, 2.05) is 6.92 Å². The largest absolute Gasteiger partial charge is 0.497 e. The van der Waals surface area contributed by atoms with Crippen LogP contribution in [0.5, 0.6) is 5.75 Å². The van der Waals surface area contributed by atoms with Crippen LogP contribution in [0.2, 0.25) is 0 Å². The molecule has 0 aliphatic rings. The van der Waals surface area contributed by atoms with Gasteiger partial charge < -0.3 is 20.7 Å². The van der Waals surface area contributed by atoms with E-state index in [0.717, 1.165) is 12.8 Å². The van der Waals surface area contributed by atoms with Gasteiger partial charge in [0.15, 0.2) is 0 Å². The summed E-state index contributed by atoms with van der Waals surface area (Å²) in [6.07, 6.45) is 1.97. The van der Waals surface area contributed by atoms with Crippen molar-refractivity contribution in [2.45, 2.75) is 26.2 Å². The molecule has 2 aromatic rings. The van der Waals surface area contributed by atoms with Gasteiger partial charge in [-0.3, -0.25) is 14.4 Å². The predicted octanol–water partition coefficient (Wildman–Crippen LogP) is 2.98. The van der Waals surface area contributed by atoms with Gasteiger partial charge in [0.05, 0.1) is 18.4 Å². The van der Waals surface area contributed by atoms with Gasteiger partial charge in [0.2, 0.25) is 5.91 Å². The molecule has 2 rings (SSSR count). The van der Waals surface area contributed by atoms with Crippen LogP contribution in [0.1, 0.15) is 46.9 Å². The maximum absolute atomic E-state index is 12.3. The number of hydrogen-bond donors (Lipinski definition) is 3. The van der Waals surface area contributed by atoms with Crippen LogP contribution >= 0.6 is 0 Å². The lowest BCUT2D eigenvalue weighted by atomic mass is 10.1. The zero-order valence-corrected chi connectivity index (χ0v) is 16.8. The van der Waals surface area contributed by atoms with Gasteiger partial charge in [-0.05, 0) is 36.8 Å². The van der Waals surface area contributed by atoms with Crippen molar-refractivity contribution < 1.29 is 19.1 Å². The third-order valence-corrected chi connectivity index (χ3v) is 4.23. The third kappa shape index (κ3) is 6.95. The Morgan fingerprint density at radius 3 is 2.45 bits per heavy atom. The summed E-state index contributed by atoms with van der Waals surface area (Å²) in [6, 6.07) is 13.6. The first-order valence-electron chi connectivity index (χ1n) is 9.64. The number of carbonyl (C=O) groups is 3. The summed E-state index contributed by atoms with van der Waals surface area (Å²) < 4.78 is 5.10. The predicted molar refractivity (Wildman–Crippen MR) is 112 cm³/mol. The highest BCUT2D eigenvalue weighted by molar-refractivity contribution is 6.03. The average Bonchev–Trinajstić information content (AvgIpc) is 2.74. The Hall–Kier alpha value is -3.35. The molecular weight excluding hydrogens is 370 g/mol. The van der Waals surface area contributed by atoms with Crippen LogP contribution in [0, 0.1) is 0 Å². The Bertz CT molecular complexity index is 851. The molecule has 0 aromatic heterocycles. The van der Waals surface area contributed by atoms with Crippen molar-refractivity contribution in [2.75, 3.05) is 25.5 Å². The number of benzene rings is 2. The fourth-order valence-electron chi connectivity index (χ4n) is 2.63. The van der Waals surface area contributed by atoms with Crippen molar-refractivity contribution >= 4 is 23.4 Å². The minimum absolute atomic E-state index is 0.0848. The molecule has 0 unspecified atom stereocenters. The van der Waals surface area contributed by atoms with E-state index >= 15 is 0 Å². The van der Waals surface area contributed by atoms with Gasteiger partial charge in [-0.25, -0.2) is 0 Å². The average molecular weight is 397 g/mol. The van der Waals surface area contributed by atoms with E-state index in [1.165, 1.54) is 7.11 Å². The molecule has 3 N–H and O–H groups in total. The van der Waals surface area contributed by atoms with E-state index in [2.05, 4.69) is 16.0 Å². The SMILES string of the molecule is CCCCNC(=O)c1ccccc1NC(=O)CCNC(=O)c1cccc(OC)c1. The smallest absolute Gasteiger partial charge is 0.253 e. The van der Waals surface area contributed by atoms with Gasteiger partial charge in [-0.15, -0.1) is 0 Å². The molecule has 0 saturated carbocycles. The van der Waals surface area contributed by atoms with Crippen LogP contribution in [-0.2, 0) is 4.79 Å². The van der Waals surface area contributed by atoms with E-state index < -0.39 is 0 Å². The maximum atomic E-state index is 12.3. The molecule has 29 heavy (non-hydrogen) atoms. The Labute approximate surface area is 170 Å². The number of rotatable bonds is 10. The van der Waals surface area contributed by atoms with E-state index in [4.69, 9.17) is 4.74 Å². The summed E-state index contributed by atoms with van der Waals surface area (Å²) in [5.41, 5.74) is 1.32. The summed E-state index contributed by atoms with van der Waals surface area (Å²) >= 11 is 0. The second-order valence-corrected chi connectivity index (χ2v) is 6.44. The molecule has 0 aliphatic carbocycles. The van der Waals surface area contributed by atoms with E-state index in [9.17, 15) is 14.4 Å². The molecule has 0 aliphatic heterocycles. The van der Waals surface area contributed by atoms with Crippen molar-refractivity contribution in [2.24, 2.45) is 0 Å². The summed E-state index contributed by atoms with van der Waals surface area (Å²) in [4.78, 5) is 36.7. The van der Waals surface area contributed by atoms with Crippen molar-refractivity contribution in [1.29, 1.82) is 0 Å². The van der Waals surface area contributed by atoms with Crippen molar-refractivity contribution in [3.05, 3.63) is 59.7 Å². The number of unbranched alkanes of at least 4 members (excludes halogenated alkanes) is 1. The van der Waals surface area contributed by atoms with Crippen LogP contribution in [0.15, 0.2) is 48.5 Å². The first kappa shape index (κ1) is 21.9. The second kappa shape index (κ2) is 11.5. The number of para-hydroxylation sites is 1. The van der Waals surface area contributed by atoms with Gasteiger partial charge in [0.25, 0.3) is 11.8 Å². The van der Waals surface area contributed by atoms with Crippen LogP contribution < -0.4 is 20.7 Å². The Morgan fingerprint density at radius 1 is 0.931 bits per heavy atom. The van der Waals surface area contributed by atoms with Crippen LogP contribution in [0.4, 0.5) is 5.69 Å². The minimum Gasteiger partial charge on any atom is -0.497 e. The van der Waals surface area contributed by atoms with Crippen LogP contribution in [0.25, 0.3) is 0 Å². The van der Waals surface area contributed by atoms with Crippen LogP contribution in [-0.4, -0.2) is 37.9 Å². The molecule has 0 atom stereocenters. The van der Waals surface area contributed by atoms with Crippen molar-refractivity contribution in [3.63, 3.8) is 0 Å². The number of amides is 3. The normalized spacial score (nSPS) is 10.1. The first-order valence-corrected chi connectivity index (χ1v) is 9.64. The summed E-state index contributed by atoms with van der Waals surface area (Å²) in [7, 11) is 1.53. The molecular formula is C22H27N3O4. The topological polar surface area (TPSA) is 96.5 Å². The Kier molecular flexibility index (Phi) is 8.69. The molecule has 2 aromatic carbocycles. The number of methoxy groups -OCH3 is 1. The van der Waals surface area contributed by atoms with Gasteiger partial charge in [0.1, 0.15) is 5.75 Å². The minimum atomic E-state index is -0.287. The highest BCUT2D eigenvalue weighted by Crippen LogP contribution is 2.15. The van der Waals surface area contributed by atoms with Gasteiger partial charge in [0, 0.05) is 25.1 Å². The van der Waals surface area contributed by atoms with Gasteiger partial charge in [-0.1, -0.05) is 31.5 Å². The maximum Gasteiger partial charge on any atom is 0.253 e. The molecule has 154 valence electrons. The number of anilines is 1. The Balaban J connectivity index is 1.86. The van der Waals surface area contributed by atoms with Crippen molar-refractivity contribution in [3.8, 4) is 5.75 Å². The molecule has 7 nitrogen and oxygen atoms in total. The molecule has 0 radical (unpaired) electrons. The summed E-state index contributed by atoms with van der Waals surface area (Å²) in [5, 5.41) is 8.29. The molecule has 7 heteroatoms. The number of nitrogens with one attached hydrogen (secondary N) is 3. The lowest BCUT2D eigenvalue weighted by Gasteiger charge is -2.12. The number of carbonyl (C=O) groups excluding carboxylic acids is 3.